The fourth-order valence-electron chi connectivity index (χ4n) is 2.11. The number of methoxy groups -OCH3 is 1. The highest BCUT2D eigenvalue weighted by molar-refractivity contribution is 5.75. The Balaban J connectivity index is 2.29. The minimum Gasteiger partial charge on any atom is -0.495 e. The van der Waals surface area contributed by atoms with E-state index >= 15 is 0 Å². The molecular weight excluding hydrogens is 309 g/mol. The van der Waals surface area contributed by atoms with Crippen molar-refractivity contribution in [3.8, 4) is 5.75 Å². The first-order chi connectivity index (χ1) is 10.8. The van der Waals surface area contributed by atoms with Gasteiger partial charge >= 0.3 is 6.18 Å². The Morgan fingerprint density at radius 2 is 1.91 bits per heavy atom. The molecule has 0 bridgehead atoms. The van der Waals surface area contributed by atoms with Crippen LogP contribution in [0.2, 0.25) is 0 Å². The summed E-state index contributed by atoms with van der Waals surface area (Å²) in [5.74, 6) is 0.266. The number of hydrogen-bond donors (Lipinski definition) is 1. The first-order valence-electron chi connectivity index (χ1n) is 6.78. The summed E-state index contributed by atoms with van der Waals surface area (Å²) in [5.41, 5.74) is 0.562. The van der Waals surface area contributed by atoms with Crippen LogP contribution in [0.1, 0.15) is 34.6 Å². The molecule has 0 spiro atoms. The Labute approximate surface area is 131 Å². The summed E-state index contributed by atoms with van der Waals surface area (Å²) < 4.78 is 43.6. The van der Waals surface area contributed by atoms with Gasteiger partial charge in [-0.05, 0) is 37.3 Å². The van der Waals surface area contributed by atoms with Crippen molar-refractivity contribution >= 4 is 12.0 Å². The second-order valence-corrected chi connectivity index (χ2v) is 4.92. The third-order valence-electron chi connectivity index (χ3n) is 3.30. The van der Waals surface area contributed by atoms with Crippen molar-refractivity contribution < 1.29 is 22.7 Å². The molecule has 0 saturated heterocycles. The molecule has 1 aromatic heterocycles. The highest BCUT2D eigenvalue weighted by atomic mass is 19.4. The first-order valence-corrected chi connectivity index (χ1v) is 6.78. The van der Waals surface area contributed by atoms with Gasteiger partial charge in [-0.2, -0.15) is 13.2 Å². The number of carbonyl (C=O) groups excluding carboxylic acids is 1. The van der Waals surface area contributed by atoms with Gasteiger partial charge in [0.25, 0.3) is 0 Å². The molecule has 2 rings (SSSR count). The molecule has 23 heavy (non-hydrogen) atoms. The Morgan fingerprint density at radius 3 is 2.43 bits per heavy atom. The summed E-state index contributed by atoms with van der Waals surface area (Å²) in [7, 11) is 1.37. The van der Waals surface area contributed by atoms with Crippen LogP contribution in [0, 0.1) is 0 Å². The minimum atomic E-state index is -4.52. The van der Waals surface area contributed by atoms with Crippen LogP contribution >= 0.6 is 0 Å². The summed E-state index contributed by atoms with van der Waals surface area (Å²) in [6, 6.07) is 7.11. The van der Waals surface area contributed by atoms with Crippen LogP contribution in [0.15, 0.2) is 36.5 Å². The van der Waals surface area contributed by atoms with Crippen LogP contribution in [0.5, 0.6) is 5.75 Å². The largest absolute Gasteiger partial charge is 0.495 e. The van der Waals surface area contributed by atoms with Crippen LogP contribution in [0.3, 0.4) is 0 Å². The van der Waals surface area contributed by atoms with Gasteiger partial charge in [-0.15, -0.1) is 0 Å². The molecule has 7 heteroatoms. The van der Waals surface area contributed by atoms with Crippen molar-refractivity contribution in [2.45, 2.75) is 19.1 Å². The number of hydrogen-bond acceptors (Lipinski definition) is 4. The maximum absolute atomic E-state index is 12.8. The van der Waals surface area contributed by atoms with E-state index in [0.717, 1.165) is 12.3 Å². The fraction of sp³-hybridized carbons (Fsp3) is 0.250. The molecule has 1 N–H and O–H groups in total. The van der Waals surface area contributed by atoms with Gasteiger partial charge in [-0.1, -0.05) is 0 Å². The quantitative estimate of drug-likeness (QED) is 0.842. The lowest BCUT2D eigenvalue weighted by Crippen LogP contribution is -2.13. The van der Waals surface area contributed by atoms with Crippen LogP contribution in [-0.2, 0) is 6.18 Å². The monoisotopic (exact) mass is 324 g/mol. The Kier molecular flexibility index (Phi) is 4.88. The molecule has 0 aliphatic rings. The number of aldehydes is 1. The predicted molar refractivity (Wildman–Crippen MR) is 79.7 cm³/mol. The zero-order valence-electron chi connectivity index (χ0n) is 12.5. The molecule has 122 valence electrons. The number of aromatic nitrogens is 1. The summed E-state index contributed by atoms with van der Waals surface area (Å²) in [4.78, 5) is 14.0. The summed E-state index contributed by atoms with van der Waals surface area (Å²) in [5, 5.41) is 3.07. The number of alkyl halides is 3. The average molecular weight is 324 g/mol. The van der Waals surface area contributed by atoms with Crippen LogP contribution < -0.4 is 10.1 Å². The summed E-state index contributed by atoms with van der Waals surface area (Å²) >= 11 is 0. The molecule has 0 radical (unpaired) electrons. The smallest absolute Gasteiger partial charge is 0.433 e. The van der Waals surface area contributed by atoms with Crippen LogP contribution in [0.25, 0.3) is 0 Å². The number of halogens is 3. The summed E-state index contributed by atoms with van der Waals surface area (Å²) in [6.07, 6.45) is -2.74. The lowest BCUT2D eigenvalue weighted by Gasteiger charge is -2.19. The van der Waals surface area contributed by atoms with E-state index in [9.17, 15) is 18.0 Å². The van der Waals surface area contributed by atoms with Crippen molar-refractivity contribution in [3.63, 3.8) is 0 Å². The zero-order valence-corrected chi connectivity index (χ0v) is 12.5. The Hall–Kier alpha value is -2.57. The second-order valence-electron chi connectivity index (χ2n) is 4.92. The molecule has 1 atom stereocenters. The second kappa shape index (κ2) is 6.68. The van der Waals surface area contributed by atoms with Gasteiger partial charge in [-0.3, -0.25) is 4.79 Å². The van der Waals surface area contributed by atoms with Crippen molar-refractivity contribution in [1.29, 1.82) is 0 Å². The number of ether oxygens (including phenoxy) is 1. The van der Waals surface area contributed by atoms with E-state index in [1.54, 1.807) is 31.2 Å². The van der Waals surface area contributed by atoms with E-state index < -0.39 is 17.9 Å². The fourth-order valence-corrected chi connectivity index (χ4v) is 2.11. The molecule has 0 aliphatic carbocycles. The van der Waals surface area contributed by atoms with Crippen molar-refractivity contribution in [2.75, 3.05) is 12.4 Å². The van der Waals surface area contributed by atoms with Crippen molar-refractivity contribution in [3.05, 3.63) is 53.3 Å². The minimum absolute atomic E-state index is 0.266. The number of nitrogens with one attached hydrogen (secondary N) is 1. The van der Waals surface area contributed by atoms with Crippen molar-refractivity contribution in [2.24, 2.45) is 0 Å². The van der Waals surface area contributed by atoms with Gasteiger partial charge in [0.1, 0.15) is 17.7 Å². The molecule has 4 nitrogen and oxygen atoms in total. The standard InChI is InChI=1S/C16H15F3N2O2/c1-10(21-12-5-3-11(9-22)4-6-12)13-7-15(16(17,18)19)20-8-14(13)23-2/h3-10,21H,1-2H3/t10-/m0/s1. The first kappa shape index (κ1) is 16.8. The number of benzene rings is 1. The summed E-state index contributed by atoms with van der Waals surface area (Å²) in [6.45, 7) is 1.71. The molecule has 1 aromatic carbocycles. The van der Waals surface area contributed by atoms with E-state index in [1.165, 1.54) is 7.11 Å². The molecule has 0 fully saturated rings. The van der Waals surface area contributed by atoms with Crippen LogP contribution in [0.4, 0.5) is 18.9 Å². The molecule has 2 aromatic rings. The molecule has 0 unspecified atom stereocenters. The zero-order chi connectivity index (χ0) is 17.0. The third-order valence-corrected chi connectivity index (χ3v) is 3.30. The van der Waals surface area contributed by atoms with E-state index in [-0.39, 0.29) is 5.75 Å². The average Bonchev–Trinajstić information content (AvgIpc) is 2.54. The Bertz CT molecular complexity index is 685. The lowest BCUT2D eigenvalue weighted by molar-refractivity contribution is -0.141. The van der Waals surface area contributed by atoms with Gasteiger partial charge in [0, 0.05) is 16.8 Å². The highest BCUT2D eigenvalue weighted by Gasteiger charge is 2.33. The Morgan fingerprint density at radius 1 is 1.26 bits per heavy atom. The maximum atomic E-state index is 12.8. The molecular formula is C16H15F3N2O2. The van der Waals surface area contributed by atoms with Crippen LogP contribution in [-0.4, -0.2) is 18.4 Å². The normalized spacial score (nSPS) is 12.6. The van der Waals surface area contributed by atoms with E-state index in [2.05, 4.69) is 10.3 Å². The highest BCUT2D eigenvalue weighted by Crippen LogP contribution is 2.34. The molecule has 1 heterocycles. The van der Waals surface area contributed by atoms with E-state index in [4.69, 9.17) is 4.74 Å². The SMILES string of the molecule is COc1cnc(C(F)(F)F)cc1[C@H](C)Nc1ccc(C=O)cc1. The molecule has 0 saturated carbocycles. The molecule has 0 amide bonds. The number of nitrogens with zero attached hydrogens (tertiary/aromatic N) is 1. The third kappa shape index (κ3) is 4.00. The molecule has 0 aliphatic heterocycles. The van der Waals surface area contributed by atoms with E-state index in [1.807, 2.05) is 0 Å². The number of rotatable bonds is 5. The van der Waals surface area contributed by atoms with Gasteiger partial charge < -0.3 is 10.1 Å². The van der Waals surface area contributed by atoms with E-state index in [0.29, 0.717) is 23.1 Å². The number of anilines is 1. The van der Waals surface area contributed by atoms with Gasteiger partial charge in [-0.25, -0.2) is 4.98 Å². The number of carbonyl (C=O) groups is 1. The number of pyridine rings is 1. The lowest BCUT2D eigenvalue weighted by atomic mass is 10.1. The predicted octanol–water partition coefficient (Wildman–Crippen LogP) is 4.09. The maximum Gasteiger partial charge on any atom is 0.433 e. The van der Waals surface area contributed by atoms with Gasteiger partial charge in [0.15, 0.2) is 0 Å². The topological polar surface area (TPSA) is 51.2 Å². The van der Waals surface area contributed by atoms with Crippen molar-refractivity contribution in [1.82, 2.24) is 4.98 Å². The van der Waals surface area contributed by atoms with Gasteiger partial charge in [0.2, 0.25) is 0 Å². The van der Waals surface area contributed by atoms with Gasteiger partial charge in [0.05, 0.1) is 19.3 Å².